The Morgan fingerprint density at radius 3 is 2.00 bits per heavy atom. The normalized spacial score (nSPS) is 14.6. The number of aliphatic carboxylic acids is 1. The van der Waals surface area contributed by atoms with Crippen molar-refractivity contribution in [3.8, 4) is 11.1 Å². The number of fused-ring (bicyclic) bond motifs is 3. The maximum absolute atomic E-state index is 13.1. The van der Waals surface area contributed by atoms with Crippen molar-refractivity contribution in [3.05, 3.63) is 59.7 Å². The van der Waals surface area contributed by atoms with Gasteiger partial charge in [0.2, 0.25) is 5.91 Å². The van der Waals surface area contributed by atoms with E-state index in [9.17, 15) is 19.5 Å². The molecule has 0 saturated heterocycles. The van der Waals surface area contributed by atoms with E-state index in [0.717, 1.165) is 22.3 Å². The second-order valence-corrected chi connectivity index (χ2v) is 9.32. The fraction of sp³-hybridized carbons (Fsp3) is 0.423. The van der Waals surface area contributed by atoms with E-state index >= 15 is 0 Å². The molecule has 1 unspecified atom stereocenters. The van der Waals surface area contributed by atoms with E-state index in [4.69, 9.17) is 4.74 Å². The van der Waals surface area contributed by atoms with Crippen molar-refractivity contribution in [1.29, 1.82) is 0 Å². The predicted octanol–water partition coefficient (Wildman–Crippen LogP) is 4.26. The first kappa shape index (κ1) is 24.3. The molecular formula is C26H32N2O5. The second kappa shape index (κ2) is 9.25. The number of ether oxygens (including phenoxy) is 1. The van der Waals surface area contributed by atoms with Gasteiger partial charge in [-0.2, -0.15) is 0 Å². The van der Waals surface area contributed by atoms with Crippen molar-refractivity contribution >= 4 is 18.0 Å². The fourth-order valence-electron chi connectivity index (χ4n) is 4.07. The molecule has 2 amide bonds. The van der Waals surface area contributed by atoms with Crippen molar-refractivity contribution in [1.82, 2.24) is 10.2 Å². The number of amides is 2. The quantitative estimate of drug-likeness (QED) is 0.624. The minimum atomic E-state index is -1.36. The van der Waals surface area contributed by atoms with Crippen LogP contribution in [0.25, 0.3) is 11.1 Å². The van der Waals surface area contributed by atoms with Gasteiger partial charge in [-0.3, -0.25) is 4.79 Å². The molecule has 0 fully saturated rings. The third kappa shape index (κ3) is 4.58. The number of carboxylic acids is 1. The summed E-state index contributed by atoms with van der Waals surface area (Å²) in [5.41, 5.74) is 2.21. The molecule has 0 bridgehead atoms. The highest BCUT2D eigenvalue weighted by Gasteiger charge is 2.42. The first-order valence-corrected chi connectivity index (χ1v) is 11.1. The van der Waals surface area contributed by atoms with Gasteiger partial charge in [-0.05, 0) is 49.4 Å². The molecule has 0 spiro atoms. The summed E-state index contributed by atoms with van der Waals surface area (Å²) in [5.74, 6) is -1.50. The zero-order valence-electron chi connectivity index (χ0n) is 19.8. The molecule has 7 heteroatoms. The van der Waals surface area contributed by atoms with Crippen LogP contribution in [0.5, 0.6) is 0 Å². The Morgan fingerprint density at radius 1 is 1.00 bits per heavy atom. The minimum absolute atomic E-state index is 0.0407. The van der Waals surface area contributed by atoms with Crippen molar-refractivity contribution < 1.29 is 24.2 Å². The Labute approximate surface area is 194 Å². The Bertz CT molecular complexity index is 1020. The Balaban J connectivity index is 1.64. The van der Waals surface area contributed by atoms with Crippen LogP contribution in [-0.2, 0) is 14.3 Å². The van der Waals surface area contributed by atoms with Crippen LogP contribution in [0.15, 0.2) is 48.5 Å². The molecule has 0 radical (unpaired) electrons. The first-order chi connectivity index (χ1) is 15.5. The molecular weight excluding hydrogens is 420 g/mol. The minimum Gasteiger partial charge on any atom is -0.480 e. The molecule has 0 aromatic heterocycles. The standard InChI is InChI=1S/C26H32N2O5/c1-6-26(4,22(29)28(5)25(2,3)23(30)31)16-27-24(32)33-15-21-19-13-9-7-11-17(19)18-12-8-10-14-20(18)21/h7-14,21H,6,15-16H2,1-5H3,(H,27,32)(H,30,31). The number of carbonyl (C=O) groups excluding carboxylic acids is 2. The van der Waals surface area contributed by atoms with Gasteiger partial charge in [0.25, 0.3) is 0 Å². The number of rotatable bonds is 8. The summed E-state index contributed by atoms with van der Waals surface area (Å²) >= 11 is 0. The number of hydrogen-bond acceptors (Lipinski definition) is 4. The highest BCUT2D eigenvalue weighted by Crippen LogP contribution is 2.44. The lowest BCUT2D eigenvalue weighted by molar-refractivity contribution is -0.159. The summed E-state index contributed by atoms with van der Waals surface area (Å²) < 4.78 is 5.56. The molecule has 7 nitrogen and oxygen atoms in total. The highest BCUT2D eigenvalue weighted by molar-refractivity contribution is 5.89. The third-order valence-electron chi connectivity index (χ3n) is 6.93. The van der Waals surface area contributed by atoms with Crippen LogP contribution >= 0.6 is 0 Å². The monoisotopic (exact) mass is 452 g/mol. The second-order valence-electron chi connectivity index (χ2n) is 9.32. The summed E-state index contributed by atoms with van der Waals surface area (Å²) in [5, 5.41) is 12.2. The molecule has 2 aromatic carbocycles. The Morgan fingerprint density at radius 2 is 1.52 bits per heavy atom. The molecule has 33 heavy (non-hydrogen) atoms. The maximum Gasteiger partial charge on any atom is 0.407 e. The number of carboxylic acid groups (broad SMARTS) is 1. The van der Waals surface area contributed by atoms with Gasteiger partial charge in [-0.1, -0.05) is 55.5 Å². The maximum atomic E-state index is 13.1. The number of alkyl carbamates (subject to hydrolysis) is 1. The van der Waals surface area contributed by atoms with Gasteiger partial charge in [-0.15, -0.1) is 0 Å². The van der Waals surface area contributed by atoms with Crippen LogP contribution in [0.4, 0.5) is 4.79 Å². The highest BCUT2D eigenvalue weighted by atomic mass is 16.5. The van der Waals surface area contributed by atoms with Crippen LogP contribution in [0.2, 0.25) is 0 Å². The Kier molecular flexibility index (Phi) is 6.81. The van der Waals surface area contributed by atoms with Crippen molar-refractivity contribution in [2.45, 2.75) is 45.6 Å². The lowest BCUT2D eigenvalue weighted by atomic mass is 9.84. The molecule has 1 atom stereocenters. The Hall–Kier alpha value is -3.35. The number of hydrogen-bond donors (Lipinski definition) is 2. The summed E-state index contributed by atoms with van der Waals surface area (Å²) in [6.07, 6.45) is -0.181. The average Bonchev–Trinajstić information content (AvgIpc) is 3.13. The lowest BCUT2D eigenvalue weighted by Gasteiger charge is -2.38. The van der Waals surface area contributed by atoms with E-state index in [0.29, 0.717) is 6.42 Å². The predicted molar refractivity (Wildman–Crippen MR) is 126 cm³/mol. The molecule has 176 valence electrons. The molecule has 1 aliphatic carbocycles. The molecule has 1 aliphatic rings. The first-order valence-electron chi connectivity index (χ1n) is 11.1. The van der Waals surface area contributed by atoms with Crippen molar-refractivity contribution in [2.75, 3.05) is 20.2 Å². The largest absolute Gasteiger partial charge is 0.480 e. The van der Waals surface area contributed by atoms with Gasteiger partial charge < -0.3 is 20.1 Å². The van der Waals surface area contributed by atoms with Crippen LogP contribution in [0.3, 0.4) is 0 Å². The molecule has 0 heterocycles. The smallest absolute Gasteiger partial charge is 0.407 e. The number of nitrogens with zero attached hydrogens (tertiary/aromatic N) is 1. The topological polar surface area (TPSA) is 95.9 Å². The van der Waals surface area contributed by atoms with Gasteiger partial charge in [0.05, 0.1) is 5.41 Å². The van der Waals surface area contributed by atoms with Gasteiger partial charge in [0.1, 0.15) is 12.1 Å². The van der Waals surface area contributed by atoms with Gasteiger partial charge in [-0.25, -0.2) is 9.59 Å². The molecule has 2 aromatic rings. The molecule has 2 N–H and O–H groups in total. The van der Waals surface area contributed by atoms with E-state index in [1.807, 2.05) is 43.3 Å². The van der Waals surface area contributed by atoms with E-state index in [-0.39, 0.29) is 25.0 Å². The van der Waals surface area contributed by atoms with Gasteiger partial charge in [0.15, 0.2) is 0 Å². The number of likely N-dealkylation sites (N-methyl/N-ethyl adjacent to an activating group) is 1. The van der Waals surface area contributed by atoms with Crippen LogP contribution in [0, 0.1) is 5.41 Å². The summed E-state index contributed by atoms with van der Waals surface area (Å²) in [6, 6.07) is 16.2. The zero-order chi connectivity index (χ0) is 24.4. The fourth-order valence-corrected chi connectivity index (χ4v) is 4.07. The molecule has 0 aliphatic heterocycles. The van der Waals surface area contributed by atoms with Crippen molar-refractivity contribution in [3.63, 3.8) is 0 Å². The summed E-state index contributed by atoms with van der Waals surface area (Å²) in [6.45, 7) is 6.72. The molecule has 3 rings (SSSR count). The lowest BCUT2D eigenvalue weighted by Crippen LogP contribution is -2.56. The summed E-state index contributed by atoms with van der Waals surface area (Å²) in [7, 11) is 1.47. The van der Waals surface area contributed by atoms with E-state index in [1.165, 1.54) is 25.8 Å². The van der Waals surface area contributed by atoms with Gasteiger partial charge in [0, 0.05) is 19.5 Å². The van der Waals surface area contributed by atoms with E-state index < -0.39 is 23.0 Å². The summed E-state index contributed by atoms with van der Waals surface area (Å²) in [4.78, 5) is 38.4. The van der Waals surface area contributed by atoms with Gasteiger partial charge >= 0.3 is 12.1 Å². The van der Waals surface area contributed by atoms with Crippen molar-refractivity contribution in [2.24, 2.45) is 5.41 Å². The molecule has 0 saturated carbocycles. The van der Waals surface area contributed by atoms with Crippen LogP contribution < -0.4 is 5.32 Å². The van der Waals surface area contributed by atoms with Crippen LogP contribution in [-0.4, -0.2) is 53.7 Å². The number of carbonyl (C=O) groups is 3. The third-order valence-corrected chi connectivity index (χ3v) is 6.93. The zero-order valence-corrected chi connectivity index (χ0v) is 19.8. The average molecular weight is 453 g/mol. The van der Waals surface area contributed by atoms with Crippen LogP contribution in [0.1, 0.15) is 51.2 Å². The number of nitrogens with one attached hydrogen (secondary N) is 1. The van der Waals surface area contributed by atoms with E-state index in [1.54, 1.807) is 6.92 Å². The van der Waals surface area contributed by atoms with E-state index in [2.05, 4.69) is 17.4 Å². The number of benzene rings is 2. The SMILES string of the molecule is CCC(C)(CNC(=O)OCC1c2ccccc2-c2ccccc21)C(=O)N(C)C(C)(C)C(=O)O.